The third-order valence-electron chi connectivity index (χ3n) is 7.98. The largest absolute Gasteiger partial charge is 0.494 e. The van der Waals surface area contributed by atoms with Crippen LogP contribution in [0.5, 0.6) is 23.0 Å². The lowest BCUT2D eigenvalue weighted by atomic mass is 9.86. The monoisotopic (exact) mass is 682 g/mol. The van der Waals surface area contributed by atoms with Gasteiger partial charge in [0.2, 0.25) is 0 Å². The van der Waals surface area contributed by atoms with E-state index < -0.39 is 17.4 Å². The molecule has 0 saturated carbocycles. The van der Waals surface area contributed by atoms with Gasteiger partial charge in [-0.2, -0.15) is 0 Å². The minimum atomic E-state index is -0.516. The van der Waals surface area contributed by atoms with E-state index in [0.29, 0.717) is 65.7 Å². The molecule has 0 unspecified atom stereocenters. The van der Waals surface area contributed by atoms with E-state index in [1.54, 1.807) is 66.7 Å². The van der Waals surface area contributed by atoms with Crippen molar-refractivity contribution in [1.29, 1.82) is 0 Å². The normalized spacial score (nSPS) is 10.9. The molecule has 0 bridgehead atoms. The lowest BCUT2D eigenvalue weighted by molar-refractivity contribution is -0.115. The third-order valence-corrected chi connectivity index (χ3v) is 7.98. The number of hydrogen-bond donors (Lipinski definition) is 0. The van der Waals surface area contributed by atoms with Gasteiger partial charge in [0, 0.05) is 18.4 Å². The molecule has 266 valence electrons. The van der Waals surface area contributed by atoms with Gasteiger partial charge in [-0.15, -0.1) is 0 Å². The number of carbonyl (C=O) groups excluding carboxylic acids is 4. The van der Waals surface area contributed by atoms with Gasteiger partial charge in [-0.3, -0.25) is 9.59 Å². The second-order valence-corrected chi connectivity index (χ2v) is 13.1. The van der Waals surface area contributed by atoms with Crippen LogP contribution in [0.3, 0.4) is 0 Å². The number of ether oxygens (including phenoxy) is 4. The predicted molar refractivity (Wildman–Crippen MR) is 196 cm³/mol. The Bertz CT molecular complexity index is 1580. The van der Waals surface area contributed by atoms with Crippen LogP contribution >= 0.6 is 0 Å². The third kappa shape index (κ3) is 13.9. The zero-order valence-corrected chi connectivity index (χ0v) is 29.7. The Hall–Kier alpha value is -4.98. The van der Waals surface area contributed by atoms with Gasteiger partial charge in [0.1, 0.15) is 23.0 Å². The van der Waals surface area contributed by atoms with Crippen molar-refractivity contribution in [2.45, 2.75) is 90.4 Å². The van der Waals surface area contributed by atoms with Gasteiger partial charge in [-0.1, -0.05) is 59.6 Å². The maximum absolute atomic E-state index is 13.1. The van der Waals surface area contributed by atoms with Crippen LogP contribution in [0.25, 0.3) is 0 Å². The van der Waals surface area contributed by atoms with E-state index >= 15 is 0 Å². The summed E-state index contributed by atoms with van der Waals surface area (Å²) in [6.07, 6.45) is 11.1. The van der Waals surface area contributed by atoms with Crippen LogP contribution in [-0.4, -0.2) is 36.7 Å². The first-order valence-electron chi connectivity index (χ1n) is 17.4. The zero-order chi connectivity index (χ0) is 36.4. The van der Waals surface area contributed by atoms with Crippen molar-refractivity contribution < 1.29 is 38.1 Å². The highest BCUT2D eigenvalue weighted by atomic mass is 16.5. The quantitative estimate of drug-likeness (QED) is 0.0447. The lowest BCUT2D eigenvalue weighted by Gasteiger charge is -2.23. The smallest absolute Gasteiger partial charge is 0.343 e. The molecule has 0 aromatic heterocycles. The maximum atomic E-state index is 13.1. The van der Waals surface area contributed by atoms with E-state index in [0.717, 1.165) is 51.4 Å². The summed E-state index contributed by atoms with van der Waals surface area (Å²) in [6, 6.07) is 18.6. The predicted octanol–water partition coefficient (Wildman–Crippen LogP) is 9.59. The summed E-state index contributed by atoms with van der Waals surface area (Å²) in [4.78, 5) is 48.6. The highest BCUT2D eigenvalue weighted by Gasteiger charge is 2.23. The highest BCUT2D eigenvalue weighted by Crippen LogP contribution is 2.35. The number of rotatable bonds is 22. The average Bonchev–Trinajstić information content (AvgIpc) is 3.11. The minimum Gasteiger partial charge on any atom is -0.494 e. The van der Waals surface area contributed by atoms with E-state index in [4.69, 9.17) is 18.9 Å². The number of ketones is 2. The Kier molecular flexibility index (Phi) is 16.2. The van der Waals surface area contributed by atoms with Gasteiger partial charge >= 0.3 is 11.9 Å². The van der Waals surface area contributed by atoms with Gasteiger partial charge in [0.15, 0.2) is 11.6 Å². The average molecular weight is 683 g/mol. The van der Waals surface area contributed by atoms with Gasteiger partial charge < -0.3 is 18.9 Å². The molecular weight excluding hydrogens is 632 g/mol. The number of allylic oxidation sites excluding steroid dienone is 2. The van der Waals surface area contributed by atoms with E-state index in [9.17, 15) is 19.2 Å². The van der Waals surface area contributed by atoms with E-state index in [1.165, 1.54) is 12.2 Å². The van der Waals surface area contributed by atoms with Gasteiger partial charge in [0.05, 0.1) is 24.3 Å². The standard InChI is InChI=1S/C42H50O8/c1-6-33(43)16-12-8-10-14-28-47-35-22-18-31(19-23-35)40(45)49-37-26-27-39(38(30-37)42(3,4)5)50-41(46)32-20-24-36(25-21-32)48-29-15-11-9-13-17-34(44)7-2/h6-7,18-27,30H,1-2,8-17,28-29H2,3-5H3. The minimum absolute atomic E-state index is 0.0767. The molecule has 0 aliphatic heterocycles. The molecule has 0 amide bonds. The SMILES string of the molecule is C=CC(=O)CCCCCCOc1ccc(C(=O)Oc2ccc(OC(=O)c3ccc(OCCCCCCC(=O)C=C)cc3)c(C(C)(C)C)c2)cc1. The van der Waals surface area contributed by atoms with Crippen LogP contribution in [0, 0.1) is 0 Å². The fraction of sp³-hybridized carbons (Fsp3) is 0.381. The Balaban J connectivity index is 1.49. The Morgan fingerprint density at radius 3 is 1.42 bits per heavy atom. The molecule has 0 aliphatic carbocycles. The number of benzene rings is 3. The fourth-order valence-electron chi connectivity index (χ4n) is 5.04. The van der Waals surface area contributed by atoms with E-state index in [1.807, 2.05) is 20.8 Å². The number of unbranched alkanes of at least 4 members (excludes halogenated alkanes) is 6. The van der Waals surface area contributed by atoms with Crippen LogP contribution in [0.1, 0.15) is 111 Å². The molecular formula is C42H50O8. The summed E-state index contributed by atoms with van der Waals surface area (Å²) in [5, 5.41) is 0. The number of carbonyl (C=O) groups is 4. The van der Waals surface area contributed by atoms with E-state index in [2.05, 4.69) is 13.2 Å². The molecule has 3 aromatic carbocycles. The molecule has 0 spiro atoms. The molecule has 0 fully saturated rings. The van der Waals surface area contributed by atoms with E-state index in [-0.39, 0.29) is 11.6 Å². The Morgan fingerprint density at radius 1 is 0.560 bits per heavy atom. The molecule has 0 radical (unpaired) electrons. The molecule has 0 atom stereocenters. The van der Waals surface area contributed by atoms with Crippen molar-refractivity contribution >= 4 is 23.5 Å². The van der Waals surface area contributed by atoms with Gasteiger partial charge in [-0.25, -0.2) is 9.59 Å². The summed E-state index contributed by atoms with van der Waals surface area (Å²) in [5.41, 5.74) is 1.05. The fourth-order valence-corrected chi connectivity index (χ4v) is 5.04. The molecule has 8 heteroatoms. The van der Waals surface area contributed by atoms with Crippen molar-refractivity contribution in [2.75, 3.05) is 13.2 Å². The Labute approximate surface area is 296 Å². The summed E-state index contributed by atoms with van der Waals surface area (Å²) >= 11 is 0. The van der Waals surface area contributed by atoms with Crippen LogP contribution in [0.15, 0.2) is 92.0 Å². The van der Waals surface area contributed by atoms with Crippen LogP contribution in [-0.2, 0) is 15.0 Å². The van der Waals surface area contributed by atoms with Gasteiger partial charge in [-0.05, 0) is 110 Å². The molecule has 3 rings (SSSR count). The Morgan fingerprint density at radius 2 is 0.980 bits per heavy atom. The molecule has 3 aromatic rings. The zero-order valence-electron chi connectivity index (χ0n) is 29.7. The molecule has 0 saturated heterocycles. The molecule has 8 nitrogen and oxygen atoms in total. The highest BCUT2D eigenvalue weighted by molar-refractivity contribution is 5.92. The molecule has 0 N–H and O–H groups in total. The molecule has 50 heavy (non-hydrogen) atoms. The molecule has 0 heterocycles. The lowest BCUT2D eigenvalue weighted by Crippen LogP contribution is -2.17. The first-order valence-corrected chi connectivity index (χ1v) is 17.4. The van der Waals surface area contributed by atoms with Crippen molar-refractivity contribution in [3.05, 3.63) is 109 Å². The number of esters is 2. The second kappa shape index (κ2) is 20.5. The van der Waals surface area contributed by atoms with Crippen molar-refractivity contribution in [1.82, 2.24) is 0 Å². The maximum Gasteiger partial charge on any atom is 0.343 e. The first-order chi connectivity index (χ1) is 24.0. The summed E-state index contributed by atoms with van der Waals surface area (Å²) < 4.78 is 23.1. The van der Waals surface area contributed by atoms with Crippen molar-refractivity contribution in [3.8, 4) is 23.0 Å². The second-order valence-electron chi connectivity index (χ2n) is 13.1. The topological polar surface area (TPSA) is 105 Å². The van der Waals surface area contributed by atoms with Crippen molar-refractivity contribution in [2.24, 2.45) is 0 Å². The van der Waals surface area contributed by atoms with Crippen LogP contribution in [0.2, 0.25) is 0 Å². The summed E-state index contributed by atoms with van der Waals surface area (Å²) in [7, 11) is 0. The van der Waals surface area contributed by atoms with Crippen molar-refractivity contribution in [3.63, 3.8) is 0 Å². The van der Waals surface area contributed by atoms with Crippen LogP contribution < -0.4 is 18.9 Å². The molecule has 0 aliphatic rings. The van der Waals surface area contributed by atoms with Gasteiger partial charge in [0.25, 0.3) is 0 Å². The number of hydrogen-bond acceptors (Lipinski definition) is 8. The summed E-state index contributed by atoms with van der Waals surface area (Å²) in [6.45, 7) is 14.0. The first kappa shape index (κ1) is 39.5. The van der Waals surface area contributed by atoms with Crippen LogP contribution in [0.4, 0.5) is 0 Å². The summed E-state index contributed by atoms with van der Waals surface area (Å²) in [5.74, 6) is 1.16.